The van der Waals surface area contributed by atoms with Gasteiger partial charge in [-0.1, -0.05) is 0 Å². The number of carbonyl (C=O) groups is 1. The number of nitrogens with zero attached hydrogens (tertiary/aromatic N) is 3. The number of hydrogen-bond acceptors (Lipinski definition) is 6. The highest BCUT2D eigenvalue weighted by Gasteiger charge is 2.26. The molecule has 0 unspecified atom stereocenters. The molecule has 0 saturated heterocycles. The van der Waals surface area contributed by atoms with Crippen LogP contribution in [0.15, 0.2) is 34.9 Å². The van der Waals surface area contributed by atoms with Crippen molar-refractivity contribution in [3.63, 3.8) is 0 Å². The van der Waals surface area contributed by atoms with Crippen molar-refractivity contribution in [2.24, 2.45) is 0 Å². The second-order valence-corrected chi connectivity index (χ2v) is 7.89. The van der Waals surface area contributed by atoms with E-state index >= 15 is 0 Å². The maximum atomic E-state index is 11.7. The summed E-state index contributed by atoms with van der Waals surface area (Å²) >= 11 is 3.42. The quantitative estimate of drug-likeness (QED) is 0.584. The van der Waals surface area contributed by atoms with Crippen molar-refractivity contribution in [2.75, 3.05) is 16.3 Å². The van der Waals surface area contributed by atoms with Gasteiger partial charge in [-0.3, -0.25) is 5.10 Å². The lowest BCUT2D eigenvalue weighted by atomic mass is 10.0. The molecule has 0 aliphatic heterocycles. The Morgan fingerprint density at radius 2 is 2.04 bits per heavy atom. The fraction of sp³-hybridized carbons (Fsp3) is 0.0714. The summed E-state index contributed by atoms with van der Waals surface area (Å²) in [4.78, 5) is 15.2. The summed E-state index contributed by atoms with van der Waals surface area (Å²) in [6, 6.07) is 6.56. The second-order valence-electron chi connectivity index (χ2n) is 5.20. The highest BCUT2D eigenvalue weighted by molar-refractivity contribution is 9.10. The number of nitrogen functional groups attached to an aromatic ring is 1. The van der Waals surface area contributed by atoms with E-state index in [1.54, 1.807) is 18.2 Å². The number of pyridine rings is 1. The molecule has 2 aromatic heterocycles. The molecule has 0 saturated carbocycles. The van der Waals surface area contributed by atoms with Crippen LogP contribution in [0.2, 0.25) is 0 Å². The first kappa shape index (κ1) is 17.2. The Hall–Kier alpha value is -2.66. The van der Waals surface area contributed by atoms with Gasteiger partial charge in [0.15, 0.2) is 11.6 Å². The highest BCUT2D eigenvalue weighted by Crippen LogP contribution is 2.33. The number of aromatic amines is 1. The smallest absolute Gasteiger partial charge is 0.427 e. The molecule has 0 spiro atoms. The first-order valence-electron chi connectivity index (χ1n) is 6.81. The van der Waals surface area contributed by atoms with Gasteiger partial charge in [0.2, 0.25) is 10.0 Å². The zero-order valence-corrected chi connectivity index (χ0v) is 15.2. The topological polar surface area (TPSA) is 142 Å². The summed E-state index contributed by atoms with van der Waals surface area (Å²) in [5.41, 5.74) is 7.81. The molecule has 0 radical (unpaired) electrons. The van der Waals surface area contributed by atoms with E-state index in [1.165, 1.54) is 12.3 Å². The molecule has 0 bridgehead atoms. The van der Waals surface area contributed by atoms with E-state index in [9.17, 15) is 18.3 Å². The number of benzene rings is 1. The van der Waals surface area contributed by atoms with Crippen molar-refractivity contribution in [3.8, 4) is 11.1 Å². The molecule has 3 rings (SSSR count). The van der Waals surface area contributed by atoms with Crippen molar-refractivity contribution in [1.82, 2.24) is 15.2 Å². The fourth-order valence-corrected chi connectivity index (χ4v) is 3.66. The lowest BCUT2D eigenvalue weighted by Gasteiger charge is -2.16. The average molecular weight is 426 g/mol. The minimum absolute atomic E-state index is 0.219. The van der Waals surface area contributed by atoms with Crippen molar-refractivity contribution in [1.29, 1.82) is 0 Å². The molecule has 0 atom stereocenters. The van der Waals surface area contributed by atoms with Crippen LogP contribution >= 0.6 is 15.9 Å². The van der Waals surface area contributed by atoms with Crippen molar-refractivity contribution in [2.45, 2.75) is 0 Å². The summed E-state index contributed by atoms with van der Waals surface area (Å²) in [6.45, 7) is 0. The van der Waals surface area contributed by atoms with Crippen molar-refractivity contribution >= 4 is 54.6 Å². The Labute approximate surface area is 150 Å². The Kier molecular flexibility index (Phi) is 4.13. The summed E-state index contributed by atoms with van der Waals surface area (Å²) < 4.78 is 24.4. The Morgan fingerprint density at radius 1 is 1.32 bits per heavy atom. The number of nitrogens with one attached hydrogen (secondary N) is 1. The molecular weight excluding hydrogens is 414 g/mol. The predicted molar refractivity (Wildman–Crippen MR) is 96.8 cm³/mol. The van der Waals surface area contributed by atoms with Crippen LogP contribution in [0.1, 0.15) is 0 Å². The van der Waals surface area contributed by atoms with Crippen molar-refractivity contribution in [3.05, 3.63) is 34.9 Å². The van der Waals surface area contributed by atoms with E-state index < -0.39 is 16.1 Å². The summed E-state index contributed by atoms with van der Waals surface area (Å²) in [7, 11) is -4.03. The van der Waals surface area contributed by atoms with E-state index in [0.717, 1.165) is 11.8 Å². The average Bonchev–Trinajstić information content (AvgIpc) is 2.88. The summed E-state index contributed by atoms with van der Waals surface area (Å²) in [5.74, 6) is 0.0963. The normalized spacial score (nSPS) is 11.6. The number of rotatable bonds is 3. The lowest BCUT2D eigenvalue weighted by Crippen LogP contribution is -2.35. The number of H-pyrrole nitrogens is 1. The molecule has 25 heavy (non-hydrogen) atoms. The second kappa shape index (κ2) is 6.01. The largest absolute Gasteiger partial charge is 0.464 e. The maximum Gasteiger partial charge on any atom is 0.427 e. The van der Waals surface area contributed by atoms with Crippen LogP contribution in [-0.4, -0.2) is 41.1 Å². The zero-order valence-electron chi connectivity index (χ0n) is 12.8. The van der Waals surface area contributed by atoms with E-state index in [4.69, 9.17) is 5.73 Å². The van der Waals surface area contributed by atoms with Gasteiger partial charge < -0.3 is 10.8 Å². The minimum Gasteiger partial charge on any atom is -0.464 e. The van der Waals surface area contributed by atoms with Crippen LogP contribution in [0.4, 0.5) is 16.4 Å². The molecule has 1 amide bonds. The van der Waals surface area contributed by atoms with Crippen LogP contribution in [-0.2, 0) is 10.0 Å². The molecule has 0 fully saturated rings. The number of anilines is 2. The third-order valence-corrected chi connectivity index (χ3v) is 5.08. The van der Waals surface area contributed by atoms with Gasteiger partial charge in [-0.2, -0.15) is 9.40 Å². The Morgan fingerprint density at radius 3 is 2.68 bits per heavy atom. The monoisotopic (exact) mass is 425 g/mol. The Balaban J connectivity index is 2.17. The van der Waals surface area contributed by atoms with Crippen LogP contribution in [0.5, 0.6) is 0 Å². The third kappa shape index (κ3) is 3.15. The van der Waals surface area contributed by atoms with Gasteiger partial charge >= 0.3 is 6.09 Å². The number of aromatic nitrogens is 3. The third-order valence-electron chi connectivity index (χ3n) is 3.45. The maximum absolute atomic E-state index is 11.7. The fourth-order valence-electron chi connectivity index (χ4n) is 2.38. The standard InChI is InChI=1S/C14H12BrN5O4S/c1-25(23,24)20(14(21)22)11-6-7(2-3-17-11)8-4-9-12(10(15)5-8)18-19-13(9)16/h2-6H,1H3,(H,21,22)(H3,16,18,19). The number of fused-ring (bicyclic) bond motifs is 1. The van der Waals surface area contributed by atoms with E-state index in [-0.39, 0.29) is 10.1 Å². The van der Waals surface area contributed by atoms with E-state index in [2.05, 4.69) is 31.1 Å². The highest BCUT2D eigenvalue weighted by atomic mass is 79.9. The van der Waals surface area contributed by atoms with Crippen LogP contribution in [0.3, 0.4) is 0 Å². The van der Waals surface area contributed by atoms with Gasteiger partial charge in [0.1, 0.15) is 0 Å². The lowest BCUT2D eigenvalue weighted by molar-refractivity contribution is 0.206. The van der Waals surface area contributed by atoms with E-state index in [1.807, 2.05) is 0 Å². The van der Waals surface area contributed by atoms with Gasteiger partial charge in [-0.15, -0.1) is 0 Å². The molecule has 0 aliphatic carbocycles. The number of carboxylic acid groups (broad SMARTS) is 1. The number of sulfonamides is 1. The van der Waals surface area contributed by atoms with Crippen LogP contribution in [0.25, 0.3) is 22.0 Å². The van der Waals surface area contributed by atoms with Crippen LogP contribution in [0, 0.1) is 0 Å². The van der Waals surface area contributed by atoms with Gasteiger partial charge in [-0.25, -0.2) is 18.2 Å². The first-order chi connectivity index (χ1) is 11.7. The first-order valence-corrected chi connectivity index (χ1v) is 9.45. The van der Waals surface area contributed by atoms with Gasteiger partial charge in [0.05, 0.1) is 11.8 Å². The SMILES string of the molecule is CS(=O)(=O)N(C(=O)O)c1cc(-c2cc(Br)c3[nH]nc(N)c3c2)ccn1. The van der Waals surface area contributed by atoms with E-state index in [0.29, 0.717) is 26.8 Å². The molecule has 130 valence electrons. The number of halogens is 1. The predicted octanol–water partition coefficient (Wildman–Crippen LogP) is 2.41. The number of nitrogens with two attached hydrogens (primary N) is 1. The minimum atomic E-state index is -4.03. The van der Waals surface area contributed by atoms with Gasteiger partial charge in [-0.05, 0) is 51.3 Å². The molecule has 9 nitrogen and oxygen atoms in total. The van der Waals surface area contributed by atoms with Crippen LogP contribution < -0.4 is 10.0 Å². The summed E-state index contributed by atoms with van der Waals surface area (Å²) in [5, 5.41) is 16.6. The molecule has 3 aromatic rings. The van der Waals surface area contributed by atoms with Gasteiger partial charge in [0, 0.05) is 16.1 Å². The summed E-state index contributed by atoms with van der Waals surface area (Å²) in [6.07, 6.45) is 0.496. The number of amides is 1. The molecule has 4 N–H and O–H groups in total. The molecule has 2 heterocycles. The molecule has 1 aromatic carbocycles. The Bertz CT molecular complexity index is 1100. The molecule has 0 aliphatic rings. The van der Waals surface area contributed by atoms with Crippen molar-refractivity contribution < 1.29 is 18.3 Å². The molecular formula is C14H12BrN5O4S. The zero-order chi connectivity index (χ0) is 18.4. The van der Waals surface area contributed by atoms with Gasteiger partial charge in [0.25, 0.3) is 0 Å². The molecule has 11 heteroatoms. The number of hydrogen-bond donors (Lipinski definition) is 3.